The molecule has 0 bridgehead atoms. The van der Waals surface area contributed by atoms with Crippen molar-refractivity contribution in [3.8, 4) is 11.1 Å². The van der Waals surface area contributed by atoms with Crippen LogP contribution in [-0.2, 0) is 22.7 Å². The fourth-order valence-electron chi connectivity index (χ4n) is 5.63. The van der Waals surface area contributed by atoms with E-state index < -0.39 is 6.04 Å². The van der Waals surface area contributed by atoms with Crippen LogP contribution in [0.2, 0.25) is 5.02 Å². The van der Waals surface area contributed by atoms with Gasteiger partial charge in [0.05, 0.1) is 10.5 Å². The highest BCUT2D eigenvalue weighted by molar-refractivity contribution is 9.10. The number of carbonyl (C=O) groups is 3. The Kier molecular flexibility index (Phi) is 7.08. The van der Waals surface area contributed by atoms with E-state index in [0.29, 0.717) is 32.9 Å². The summed E-state index contributed by atoms with van der Waals surface area (Å²) in [5, 5.41) is 17.5. The van der Waals surface area contributed by atoms with Crippen LogP contribution in [0, 0.1) is 18.8 Å². The topological polar surface area (TPSA) is 143 Å². The predicted octanol–water partition coefficient (Wildman–Crippen LogP) is 3.79. The lowest BCUT2D eigenvalue weighted by atomic mass is 10.0. The lowest BCUT2D eigenvalue weighted by Gasteiger charge is -2.27. The Labute approximate surface area is 248 Å². The van der Waals surface area contributed by atoms with Crippen LogP contribution in [0.25, 0.3) is 22.0 Å². The number of likely N-dealkylation sites (tertiary alicyclic amines) is 1. The molecule has 1 saturated carbocycles. The number of anilines is 1. The van der Waals surface area contributed by atoms with Crippen molar-refractivity contribution in [2.45, 2.75) is 39.5 Å². The molecule has 1 saturated heterocycles. The van der Waals surface area contributed by atoms with E-state index in [0.717, 1.165) is 23.1 Å². The van der Waals surface area contributed by atoms with Gasteiger partial charge in [0.15, 0.2) is 17.4 Å². The van der Waals surface area contributed by atoms with Gasteiger partial charge in [-0.15, -0.1) is 0 Å². The SMILES string of the molecule is CC(=O)c1nn(CC(=O)N2C[C@H]3C[C@H]3[C@H]2C(=O)Nc2nc(Br)ccc2Cl)c2c(C)cc(-c3cnc(CO)nc3)cc12. The zero-order valence-electron chi connectivity index (χ0n) is 22.1. The number of Topliss-reactive ketones (excluding diaryl/α,β-unsaturated/α-hetero) is 1. The number of nitrogens with zero attached hydrogens (tertiary/aromatic N) is 6. The van der Waals surface area contributed by atoms with E-state index in [1.807, 2.05) is 19.1 Å². The van der Waals surface area contributed by atoms with Gasteiger partial charge in [-0.1, -0.05) is 11.6 Å². The highest BCUT2D eigenvalue weighted by Gasteiger charge is 2.56. The van der Waals surface area contributed by atoms with Gasteiger partial charge in [-0.25, -0.2) is 15.0 Å². The quantitative estimate of drug-likeness (QED) is 0.230. The van der Waals surface area contributed by atoms with Crippen molar-refractivity contribution in [3.63, 3.8) is 0 Å². The van der Waals surface area contributed by atoms with Gasteiger partial charge in [0.1, 0.15) is 29.5 Å². The molecule has 2 aliphatic rings. The summed E-state index contributed by atoms with van der Waals surface area (Å²) in [7, 11) is 0. The molecule has 1 aromatic carbocycles. The van der Waals surface area contributed by atoms with Gasteiger partial charge in [0.25, 0.3) is 0 Å². The lowest BCUT2D eigenvalue weighted by Crippen LogP contribution is -2.47. The summed E-state index contributed by atoms with van der Waals surface area (Å²) in [6.07, 6.45) is 4.11. The summed E-state index contributed by atoms with van der Waals surface area (Å²) in [6, 6.07) is 6.41. The third-order valence-electron chi connectivity index (χ3n) is 7.63. The Balaban J connectivity index is 1.29. The zero-order valence-corrected chi connectivity index (χ0v) is 24.5. The second kappa shape index (κ2) is 10.6. The molecule has 4 aromatic rings. The van der Waals surface area contributed by atoms with Crippen LogP contribution < -0.4 is 5.32 Å². The number of rotatable bonds is 7. The number of amides is 2. The third kappa shape index (κ3) is 5.11. The van der Waals surface area contributed by atoms with Crippen molar-refractivity contribution < 1.29 is 19.5 Å². The van der Waals surface area contributed by atoms with E-state index in [2.05, 4.69) is 41.3 Å². The third-order valence-corrected chi connectivity index (χ3v) is 8.37. The van der Waals surface area contributed by atoms with Gasteiger partial charge in [-0.05, 0) is 76.5 Å². The number of fused-ring (bicyclic) bond motifs is 2. The van der Waals surface area contributed by atoms with Crippen molar-refractivity contribution in [1.82, 2.24) is 29.6 Å². The number of pyridine rings is 1. The number of piperidine rings is 1. The largest absolute Gasteiger partial charge is 0.388 e. The number of aliphatic hydroxyl groups excluding tert-OH is 1. The normalized spacial score (nSPS) is 19.3. The molecular formula is C28H25BrClN7O4. The van der Waals surface area contributed by atoms with E-state index in [9.17, 15) is 19.5 Å². The number of benzene rings is 1. The number of aryl methyl sites for hydroxylation is 1. The lowest BCUT2D eigenvalue weighted by molar-refractivity contribution is -0.138. The monoisotopic (exact) mass is 637 g/mol. The number of aromatic nitrogens is 5. The molecule has 4 heterocycles. The summed E-state index contributed by atoms with van der Waals surface area (Å²) in [6.45, 7) is 3.41. The Morgan fingerprint density at radius 3 is 2.63 bits per heavy atom. The van der Waals surface area contributed by atoms with E-state index >= 15 is 0 Å². The summed E-state index contributed by atoms with van der Waals surface area (Å²) < 4.78 is 2.07. The molecule has 2 fully saturated rings. The van der Waals surface area contributed by atoms with Crippen LogP contribution in [0.1, 0.15) is 35.2 Å². The molecule has 0 radical (unpaired) electrons. The van der Waals surface area contributed by atoms with E-state index in [1.54, 1.807) is 34.1 Å². The van der Waals surface area contributed by atoms with Crippen molar-refractivity contribution in [2.75, 3.05) is 11.9 Å². The van der Waals surface area contributed by atoms with Crippen LogP contribution >= 0.6 is 27.5 Å². The molecule has 6 rings (SSSR count). The summed E-state index contributed by atoms with van der Waals surface area (Å²) in [4.78, 5) is 53.7. The molecule has 1 aliphatic heterocycles. The minimum absolute atomic E-state index is 0.0794. The Hall–Kier alpha value is -3.74. The molecule has 3 aromatic heterocycles. The van der Waals surface area contributed by atoms with E-state index in [-0.39, 0.29) is 54.1 Å². The summed E-state index contributed by atoms with van der Waals surface area (Å²) >= 11 is 9.52. The molecule has 41 heavy (non-hydrogen) atoms. The second-order valence-electron chi connectivity index (χ2n) is 10.4. The van der Waals surface area contributed by atoms with Gasteiger partial charge >= 0.3 is 0 Å². The molecular weight excluding hydrogens is 614 g/mol. The predicted molar refractivity (Wildman–Crippen MR) is 154 cm³/mol. The standard InChI is InChI=1S/C28H25BrClN7O4/c1-13-5-15(17-8-31-22(12-38)32-9-17)6-19-24(14(2)39)35-37(25(13)19)11-23(40)36-10-16-7-18(16)26(36)28(41)34-27-20(30)3-4-21(29)33-27/h3-6,8-9,16,18,26,38H,7,10-12H2,1-2H3,(H,33,34,41)/t16-,18-,26+/m1/s1. The van der Waals surface area contributed by atoms with Crippen LogP contribution in [0.4, 0.5) is 5.82 Å². The number of nitrogens with one attached hydrogen (secondary N) is 1. The van der Waals surface area contributed by atoms with Crippen LogP contribution in [0.15, 0.2) is 41.3 Å². The van der Waals surface area contributed by atoms with Crippen LogP contribution in [0.3, 0.4) is 0 Å². The molecule has 0 unspecified atom stereocenters. The maximum atomic E-state index is 13.7. The Bertz CT molecular complexity index is 1720. The first-order valence-electron chi connectivity index (χ1n) is 13.0. The first kappa shape index (κ1) is 27.4. The average Bonchev–Trinajstić information content (AvgIpc) is 3.44. The van der Waals surface area contributed by atoms with Gasteiger partial charge in [0, 0.05) is 36.8 Å². The Morgan fingerprint density at radius 2 is 1.93 bits per heavy atom. The maximum absolute atomic E-state index is 13.7. The number of aliphatic hydroxyl groups is 1. The molecule has 13 heteroatoms. The summed E-state index contributed by atoms with van der Waals surface area (Å²) in [5.74, 6) is 0.0619. The minimum Gasteiger partial charge on any atom is -0.388 e. The fraction of sp³-hybridized carbons (Fsp3) is 0.321. The highest BCUT2D eigenvalue weighted by Crippen LogP contribution is 2.50. The number of ketones is 1. The van der Waals surface area contributed by atoms with Gasteiger partial charge in [-0.2, -0.15) is 5.10 Å². The zero-order chi connectivity index (χ0) is 29.0. The number of carbonyl (C=O) groups excluding carboxylic acids is 3. The minimum atomic E-state index is -0.645. The molecule has 1 aliphatic carbocycles. The molecule has 2 N–H and O–H groups in total. The molecule has 3 atom stereocenters. The van der Waals surface area contributed by atoms with Gasteiger partial charge in [0.2, 0.25) is 11.8 Å². The van der Waals surface area contributed by atoms with Crippen LogP contribution in [0.5, 0.6) is 0 Å². The van der Waals surface area contributed by atoms with Crippen molar-refractivity contribution in [3.05, 3.63) is 63.4 Å². The molecule has 11 nitrogen and oxygen atoms in total. The van der Waals surface area contributed by atoms with Crippen molar-refractivity contribution in [1.29, 1.82) is 0 Å². The first-order chi connectivity index (χ1) is 19.6. The van der Waals surface area contributed by atoms with Crippen molar-refractivity contribution in [2.24, 2.45) is 11.8 Å². The van der Waals surface area contributed by atoms with Gasteiger partial charge < -0.3 is 15.3 Å². The molecule has 0 spiro atoms. The highest BCUT2D eigenvalue weighted by atomic mass is 79.9. The molecule has 210 valence electrons. The van der Waals surface area contributed by atoms with Crippen molar-refractivity contribution >= 4 is 61.8 Å². The Morgan fingerprint density at radius 1 is 1.17 bits per heavy atom. The smallest absolute Gasteiger partial charge is 0.248 e. The van der Waals surface area contributed by atoms with E-state index in [1.165, 1.54) is 6.92 Å². The summed E-state index contributed by atoms with van der Waals surface area (Å²) in [5.41, 5.74) is 3.22. The number of hydrogen-bond donors (Lipinski definition) is 2. The maximum Gasteiger partial charge on any atom is 0.248 e. The first-order valence-corrected chi connectivity index (χ1v) is 14.2. The second-order valence-corrected chi connectivity index (χ2v) is 11.6. The average molecular weight is 639 g/mol. The van der Waals surface area contributed by atoms with Crippen LogP contribution in [-0.4, -0.2) is 64.9 Å². The number of hydrogen-bond acceptors (Lipinski definition) is 8. The number of halogens is 2. The van der Waals surface area contributed by atoms with E-state index in [4.69, 9.17) is 11.6 Å². The molecule has 2 amide bonds. The fourth-order valence-corrected chi connectivity index (χ4v) is 6.09. The van der Waals surface area contributed by atoms with Gasteiger partial charge in [-0.3, -0.25) is 19.1 Å².